The van der Waals surface area contributed by atoms with Crippen LogP contribution in [0.2, 0.25) is 0 Å². The summed E-state index contributed by atoms with van der Waals surface area (Å²) in [6.07, 6.45) is 13.4. The lowest BCUT2D eigenvalue weighted by Gasteiger charge is -2.36. The normalized spacial score (nSPS) is 52.0. The van der Waals surface area contributed by atoms with Crippen LogP contribution in [-0.4, -0.2) is 23.8 Å². The summed E-state index contributed by atoms with van der Waals surface area (Å²) in [7, 11) is 0. The maximum absolute atomic E-state index is 12.8. The lowest BCUT2D eigenvalue weighted by atomic mass is 9.68. The van der Waals surface area contributed by atoms with E-state index in [2.05, 4.69) is 26.0 Å². The summed E-state index contributed by atoms with van der Waals surface area (Å²) in [4.78, 5) is 12.8. The highest BCUT2D eigenvalue weighted by Gasteiger charge is 2.66. The van der Waals surface area contributed by atoms with E-state index in [0.29, 0.717) is 11.8 Å². The van der Waals surface area contributed by atoms with Crippen LogP contribution in [0.1, 0.15) is 58.8 Å². The molecule has 4 bridgehead atoms. The number of esters is 1. The highest BCUT2D eigenvalue weighted by molar-refractivity contribution is 5.78. The van der Waals surface area contributed by atoms with Crippen LogP contribution in [0, 0.1) is 47.3 Å². The van der Waals surface area contributed by atoms with Crippen LogP contribution >= 0.6 is 0 Å². The SMILES string of the molecule is CC(C)C1(OC(=O)C2OC2C2CC3CC2C2C4C=CC(C4)C32)CCCC1. The first-order valence-electron chi connectivity index (χ1n) is 11.1. The van der Waals surface area contributed by atoms with Gasteiger partial charge in [0.1, 0.15) is 5.60 Å². The molecule has 0 aromatic heterocycles. The van der Waals surface area contributed by atoms with Crippen molar-refractivity contribution >= 4 is 5.97 Å². The molecule has 6 aliphatic rings. The van der Waals surface area contributed by atoms with E-state index in [9.17, 15) is 4.79 Å². The number of fused-ring (bicyclic) bond motifs is 9. The van der Waals surface area contributed by atoms with Gasteiger partial charge in [-0.15, -0.1) is 0 Å². The van der Waals surface area contributed by atoms with E-state index >= 15 is 0 Å². The summed E-state index contributed by atoms with van der Waals surface area (Å²) in [6, 6.07) is 0. The van der Waals surface area contributed by atoms with Gasteiger partial charge in [-0.2, -0.15) is 0 Å². The molecular weight excluding hydrogens is 324 g/mol. The summed E-state index contributed by atoms with van der Waals surface area (Å²) in [5.74, 6) is 6.21. The average Bonchev–Trinajstić information content (AvgIpc) is 3.18. The molecule has 0 radical (unpaired) electrons. The molecule has 26 heavy (non-hydrogen) atoms. The highest BCUT2D eigenvalue weighted by Crippen LogP contribution is 2.68. The van der Waals surface area contributed by atoms with Crippen molar-refractivity contribution in [3.8, 4) is 0 Å². The van der Waals surface area contributed by atoms with Crippen LogP contribution in [0.15, 0.2) is 12.2 Å². The van der Waals surface area contributed by atoms with Crippen LogP contribution in [0.25, 0.3) is 0 Å². The number of carbonyl (C=O) groups excluding carboxylic acids is 1. The van der Waals surface area contributed by atoms with E-state index in [1.807, 2.05) is 0 Å². The van der Waals surface area contributed by atoms with Gasteiger partial charge < -0.3 is 9.47 Å². The average molecular weight is 357 g/mol. The van der Waals surface area contributed by atoms with Crippen molar-refractivity contribution in [3.63, 3.8) is 0 Å². The first kappa shape index (κ1) is 16.2. The second-order valence-corrected chi connectivity index (χ2v) is 10.5. The lowest BCUT2D eigenvalue weighted by Crippen LogP contribution is -2.40. The third-order valence-corrected chi connectivity index (χ3v) is 9.31. The van der Waals surface area contributed by atoms with E-state index in [1.165, 1.54) is 32.1 Å². The molecule has 9 atom stereocenters. The van der Waals surface area contributed by atoms with E-state index in [1.54, 1.807) is 0 Å². The first-order valence-corrected chi connectivity index (χ1v) is 11.1. The topological polar surface area (TPSA) is 38.8 Å². The van der Waals surface area contributed by atoms with Gasteiger partial charge in [-0.3, -0.25) is 0 Å². The van der Waals surface area contributed by atoms with Gasteiger partial charge in [0.15, 0.2) is 6.10 Å². The highest BCUT2D eigenvalue weighted by atomic mass is 16.6. The predicted octanol–water partition coefficient (Wildman–Crippen LogP) is 4.36. The van der Waals surface area contributed by atoms with Gasteiger partial charge in [0.2, 0.25) is 0 Å². The van der Waals surface area contributed by atoms with Gasteiger partial charge in [0.05, 0.1) is 6.10 Å². The van der Waals surface area contributed by atoms with Crippen LogP contribution < -0.4 is 0 Å². The van der Waals surface area contributed by atoms with Crippen LogP contribution in [-0.2, 0) is 14.3 Å². The number of hydrogen-bond acceptors (Lipinski definition) is 3. The van der Waals surface area contributed by atoms with Crippen molar-refractivity contribution in [2.24, 2.45) is 47.3 Å². The van der Waals surface area contributed by atoms with Crippen molar-refractivity contribution < 1.29 is 14.3 Å². The molecular formula is C23H32O3. The van der Waals surface area contributed by atoms with Gasteiger partial charge >= 0.3 is 5.97 Å². The Morgan fingerprint density at radius 2 is 1.73 bits per heavy atom. The maximum Gasteiger partial charge on any atom is 0.338 e. The summed E-state index contributed by atoms with van der Waals surface area (Å²) >= 11 is 0. The smallest absolute Gasteiger partial charge is 0.338 e. The van der Waals surface area contributed by atoms with Crippen molar-refractivity contribution in [3.05, 3.63) is 12.2 Å². The van der Waals surface area contributed by atoms with Gasteiger partial charge in [0, 0.05) is 0 Å². The van der Waals surface area contributed by atoms with Crippen molar-refractivity contribution in [1.29, 1.82) is 0 Å². The number of hydrogen-bond donors (Lipinski definition) is 0. The molecule has 9 unspecified atom stereocenters. The first-order chi connectivity index (χ1) is 12.6. The molecule has 1 heterocycles. The Balaban J connectivity index is 1.13. The summed E-state index contributed by atoms with van der Waals surface area (Å²) in [5, 5.41) is 0. The molecule has 3 nitrogen and oxygen atoms in total. The molecule has 5 fully saturated rings. The van der Waals surface area contributed by atoms with Gasteiger partial charge in [-0.1, -0.05) is 26.0 Å². The van der Waals surface area contributed by atoms with Crippen LogP contribution in [0.3, 0.4) is 0 Å². The molecule has 0 spiro atoms. The molecule has 6 rings (SSSR count). The van der Waals surface area contributed by atoms with E-state index in [0.717, 1.165) is 48.3 Å². The number of epoxide rings is 1. The largest absolute Gasteiger partial charge is 0.457 e. The van der Waals surface area contributed by atoms with Crippen LogP contribution in [0.5, 0.6) is 0 Å². The molecule has 0 amide bonds. The fourth-order valence-corrected chi connectivity index (χ4v) is 8.11. The Hall–Kier alpha value is -0.830. The van der Waals surface area contributed by atoms with E-state index < -0.39 is 0 Å². The standard InChI is InChI=1S/C23H32O3/c1-12(2)23(7-3-4-8-23)26-22(24)21-20(25-21)17-11-15-10-16(17)19-14-6-5-13(9-14)18(15)19/h5-6,12-21H,3-4,7-11H2,1-2H3. The Morgan fingerprint density at radius 1 is 1.04 bits per heavy atom. The second-order valence-electron chi connectivity index (χ2n) is 10.5. The van der Waals surface area contributed by atoms with E-state index in [-0.39, 0.29) is 23.8 Å². The summed E-state index contributed by atoms with van der Waals surface area (Å²) < 4.78 is 12.1. The summed E-state index contributed by atoms with van der Waals surface area (Å²) in [6.45, 7) is 4.39. The molecule has 1 aliphatic heterocycles. The van der Waals surface area contributed by atoms with Crippen molar-refractivity contribution in [1.82, 2.24) is 0 Å². The molecule has 0 aromatic carbocycles. The molecule has 1 saturated heterocycles. The zero-order valence-electron chi connectivity index (χ0n) is 16.1. The molecule has 142 valence electrons. The maximum atomic E-state index is 12.8. The third-order valence-electron chi connectivity index (χ3n) is 9.31. The van der Waals surface area contributed by atoms with Crippen molar-refractivity contribution in [2.45, 2.75) is 76.6 Å². The minimum atomic E-state index is -0.261. The van der Waals surface area contributed by atoms with Gasteiger partial charge in [-0.25, -0.2) is 4.79 Å². The number of carbonyl (C=O) groups is 1. The van der Waals surface area contributed by atoms with Gasteiger partial charge in [-0.05, 0) is 92.3 Å². The Bertz CT molecular complexity index is 646. The third kappa shape index (κ3) is 2.07. The van der Waals surface area contributed by atoms with E-state index in [4.69, 9.17) is 9.47 Å². The van der Waals surface area contributed by atoms with Gasteiger partial charge in [0.25, 0.3) is 0 Å². The molecule has 0 N–H and O–H groups in total. The predicted molar refractivity (Wildman–Crippen MR) is 98.2 cm³/mol. The summed E-state index contributed by atoms with van der Waals surface area (Å²) in [5.41, 5.74) is -0.219. The lowest BCUT2D eigenvalue weighted by molar-refractivity contribution is -0.165. The molecule has 5 aliphatic carbocycles. The monoisotopic (exact) mass is 356 g/mol. The number of rotatable bonds is 4. The second kappa shape index (κ2) is 5.37. The quantitative estimate of drug-likeness (QED) is 0.325. The zero-order chi connectivity index (χ0) is 17.6. The zero-order valence-corrected chi connectivity index (χ0v) is 16.1. The Labute approximate surface area is 156 Å². The van der Waals surface area contributed by atoms with Crippen LogP contribution in [0.4, 0.5) is 0 Å². The molecule has 0 aromatic rings. The Kier molecular flexibility index (Phi) is 3.33. The Morgan fingerprint density at radius 3 is 2.46 bits per heavy atom. The minimum Gasteiger partial charge on any atom is -0.457 e. The molecule has 3 heteroatoms. The minimum absolute atomic E-state index is 0.0576. The van der Waals surface area contributed by atoms with Crippen molar-refractivity contribution in [2.75, 3.05) is 0 Å². The fraction of sp³-hybridized carbons (Fsp3) is 0.870. The number of ether oxygens (including phenoxy) is 2. The molecule has 4 saturated carbocycles. The number of allylic oxidation sites excluding steroid dienone is 2. The fourth-order valence-electron chi connectivity index (χ4n) is 8.11.